The molecule has 1 aliphatic rings. The molecule has 1 fully saturated rings. The van der Waals surface area contributed by atoms with Crippen molar-refractivity contribution in [3.8, 4) is 6.07 Å². The molecule has 1 rings (SSSR count). The van der Waals surface area contributed by atoms with Gasteiger partial charge in [-0.1, -0.05) is 6.92 Å². The Hall–Kier alpha value is -1.12. The second kappa shape index (κ2) is 4.40. The van der Waals surface area contributed by atoms with Crippen LogP contribution in [0.1, 0.15) is 26.7 Å². The summed E-state index contributed by atoms with van der Waals surface area (Å²) in [6.07, 6.45) is 1.09. The number of hydrogen-bond acceptors (Lipinski definition) is 4. The Balaban J connectivity index is 2.69. The predicted molar refractivity (Wildman–Crippen MR) is 57.2 cm³/mol. The molecule has 0 aromatic heterocycles. The van der Waals surface area contributed by atoms with Crippen LogP contribution < -0.4 is 5.32 Å². The maximum atomic E-state index is 11.9. The van der Waals surface area contributed by atoms with Gasteiger partial charge in [0.25, 0.3) is 0 Å². The molecule has 16 heavy (non-hydrogen) atoms. The molecule has 0 atom stereocenters. The summed E-state index contributed by atoms with van der Waals surface area (Å²) in [6, 6.07) is 2.04. The highest BCUT2D eigenvalue weighted by Gasteiger charge is 2.50. The topological polar surface area (TPSA) is 93.4 Å². The summed E-state index contributed by atoms with van der Waals surface area (Å²) in [5.74, 6) is -0.0152. The lowest BCUT2D eigenvalue weighted by molar-refractivity contribution is -0.137. The van der Waals surface area contributed by atoms with Crippen LogP contribution in [0.25, 0.3) is 0 Å². The van der Waals surface area contributed by atoms with E-state index in [9.17, 15) is 4.79 Å². The van der Waals surface area contributed by atoms with Crippen LogP contribution in [0.5, 0.6) is 0 Å². The van der Waals surface area contributed by atoms with Crippen LogP contribution >= 0.6 is 0 Å². The lowest BCUT2D eigenvalue weighted by atomic mass is 9.63. The number of nitrogens with zero attached hydrogens (tertiary/aromatic N) is 1. The van der Waals surface area contributed by atoms with Gasteiger partial charge in [-0.05, 0) is 25.7 Å². The average Bonchev–Trinajstić information content (AvgIpc) is 2.24. The summed E-state index contributed by atoms with van der Waals surface area (Å²) in [6.45, 7) is 2.82. The molecular weight excluding hydrogens is 208 g/mol. The summed E-state index contributed by atoms with van der Waals surface area (Å²) in [5.41, 5.74) is -2.02. The summed E-state index contributed by atoms with van der Waals surface area (Å²) in [7, 11) is 0. The van der Waals surface area contributed by atoms with Crippen molar-refractivity contribution in [2.45, 2.75) is 32.2 Å². The fourth-order valence-electron chi connectivity index (χ4n) is 1.98. The number of aliphatic hydroxyl groups is 2. The van der Waals surface area contributed by atoms with Crippen molar-refractivity contribution < 1.29 is 15.0 Å². The van der Waals surface area contributed by atoms with Crippen LogP contribution in [0, 0.1) is 22.7 Å². The normalized spacial score (nSPS) is 29.1. The van der Waals surface area contributed by atoms with E-state index < -0.39 is 16.9 Å². The summed E-state index contributed by atoms with van der Waals surface area (Å²) < 4.78 is 0. The molecule has 0 unspecified atom stereocenters. The van der Waals surface area contributed by atoms with Gasteiger partial charge in [-0.15, -0.1) is 0 Å². The molecule has 0 heterocycles. The summed E-state index contributed by atoms with van der Waals surface area (Å²) >= 11 is 0. The molecule has 0 aliphatic heterocycles. The van der Waals surface area contributed by atoms with Gasteiger partial charge in [-0.2, -0.15) is 5.26 Å². The molecule has 5 heteroatoms. The van der Waals surface area contributed by atoms with Crippen LogP contribution in [0.15, 0.2) is 0 Å². The van der Waals surface area contributed by atoms with E-state index in [1.807, 2.05) is 13.0 Å². The molecule has 1 saturated carbocycles. The van der Waals surface area contributed by atoms with E-state index in [2.05, 4.69) is 5.32 Å². The maximum Gasteiger partial charge on any atom is 0.241 e. The average molecular weight is 226 g/mol. The first-order chi connectivity index (χ1) is 7.41. The summed E-state index contributed by atoms with van der Waals surface area (Å²) in [4.78, 5) is 11.9. The van der Waals surface area contributed by atoms with E-state index in [1.54, 1.807) is 0 Å². The highest BCUT2D eigenvalue weighted by molar-refractivity contribution is 5.87. The maximum absolute atomic E-state index is 11.9. The second-order valence-corrected chi connectivity index (χ2v) is 5.04. The van der Waals surface area contributed by atoms with Crippen molar-refractivity contribution in [2.24, 2.45) is 11.3 Å². The number of aliphatic hydroxyl groups excluding tert-OH is 2. The van der Waals surface area contributed by atoms with Gasteiger partial charge in [0.15, 0.2) is 0 Å². The predicted octanol–water partition coefficient (Wildman–Crippen LogP) is -0.214. The lowest BCUT2D eigenvalue weighted by Crippen LogP contribution is -2.58. The highest BCUT2D eigenvalue weighted by atomic mass is 16.3. The highest BCUT2D eigenvalue weighted by Crippen LogP contribution is 2.45. The molecule has 1 aliphatic carbocycles. The molecule has 0 aromatic rings. The van der Waals surface area contributed by atoms with Gasteiger partial charge >= 0.3 is 0 Å². The molecular formula is C11H18N2O3. The Morgan fingerprint density at radius 1 is 1.56 bits per heavy atom. The number of carbonyl (C=O) groups excluding carboxylic acids is 1. The third kappa shape index (κ3) is 2.18. The first-order valence-corrected chi connectivity index (χ1v) is 5.37. The van der Waals surface area contributed by atoms with E-state index in [0.717, 1.165) is 0 Å². The molecule has 0 bridgehead atoms. The third-order valence-electron chi connectivity index (χ3n) is 3.16. The van der Waals surface area contributed by atoms with Gasteiger partial charge in [0.2, 0.25) is 5.91 Å². The van der Waals surface area contributed by atoms with E-state index in [0.29, 0.717) is 18.8 Å². The zero-order chi connectivity index (χ0) is 12.4. The smallest absolute Gasteiger partial charge is 0.241 e. The Labute approximate surface area is 95.1 Å². The van der Waals surface area contributed by atoms with Crippen molar-refractivity contribution in [1.29, 1.82) is 5.26 Å². The SMILES string of the molecule is CC1CC(C#N)(C(=O)NC(C)(CO)CO)C1. The largest absolute Gasteiger partial charge is 0.394 e. The van der Waals surface area contributed by atoms with E-state index in [1.165, 1.54) is 6.92 Å². The minimum Gasteiger partial charge on any atom is -0.394 e. The zero-order valence-corrected chi connectivity index (χ0v) is 9.66. The number of nitrogens with one attached hydrogen (secondary N) is 1. The van der Waals surface area contributed by atoms with Crippen molar-refractivity contribution in [1.82, 2.24) is 5.32 Å². The van der Waals surface area contributed by atoms with Gasteiger partial charge in [0.1, 0.15) is 5.41 Å². The monoisotopic (exact) mass is 226 g/mol. The first-order valence-electron chi connectivity index (χ1n) is 5.37. The third-order valence-corrected chi connectivity index (χ3v) is 3.16. The van der Waals surface area contributed by atoms with Crippen molar-refractivity contribution >= 4 is 5.91 Å². The van der Waals surface area contributed by atoms with Crippen LogP contribution in [-0.4, -0.2) is 34.9 Å². The molecule has 90 valence electrons. The molecule has 0 saturated heterocycles. The van der Waals surface area contributed by atoms with E-state index >= 15 is 0 Å². The molecule has 5 nitrogen and oxygen atoms in total. The van der Waals surface area contributed by atoms with Gasteiger partial charge in [-0.25, -0.2) is 0 Å². The molecule has 3 N–H and O–H groups in total. The van der Waals surface area contributed by atoms with Crippen LogP contribution in [0.2, 0.25) is 0 Å². The number of hydrogen-bond donors (Lipinski definition) is 3. The summed E-state index contributed by atoms with van der Waals surface area (Å²) in [5, 5.41) is 29.7. The standard InChI is InChI=1S/C11H18N2O3/c1-8-3-11(4-8,5-12)9(16)13-10(2,6-14)7-15/h8,14-15H,3-4,6-7H2,1-2H3,(H,13,16). The minimum absolute atomic E-state index is 0.355. The van der Waals surface area contributed by atoms with Crippen LogP contribution in [0.3, 0.4) is 0 Å². The number of nitriles is 1. The van der Waals surface area contributed by atoms with E-state index in [4.69, 9.17) is 15.5 Å². The van der Waals surface area contributed by atoms with E-state index in [-0.39, 0.29) is 13.2 Å². The van der Waals surface area contributed by atoms with Gasteiger partial charge < -0.3 is 15.5 Å². The van der Waals surface area contributed by atoms with Gasteiger partial charge in [0, 0.05) is 0 Å². The van der Waals surface area contributed by atoms with Gasteiger partial charge in [-0.3, -0.25) is 4.79 Å². The second-order valence-electron chi connectivity index (χ2n) is 5.04. The van der Waals surface area contributed by atoms with Crippen molar-refractivity contribution in [3.63, 3.8) is 0 Å². The Morgan fingerprint density at radius 3 is 2.38 bits per heavy atom. The first kappa shape index (κ1) is 12.9. The fourth-order valence-corrected chi connectivity index (χ4v) is 1.98. The number of amides is 1. The van der Waals surface area contributed by atoms with Crippen LogP contribution in [0.4, 0.5) is 0 Å². The Morgan fingerprint density at radius 2 is 2.06 bits per heavy atom. The Kier molecular flexibility index (Phi) is 3.56. The number of rotatable bonds is 4. The molecule has 0 aromatic carbocycles. The quantitative estimate of drug-likeness (QED) is 0.618. The minimum atomic E-state index is -1.06. The van der Waals surface area contributed by atoms with Crippen molar-refractivity contribution in [3.05, 3.63) is 0 Å². The lowest BCUT2D eigenvalue weighted by Gasteiger charge is -2.41. The fraction of sp³-hybridized carbons (Fsp3) is 0.818. The van der Waals surface area contributed by atoms with Gasteiger partial charge in [0.05, 0.1) is 24.8 Å². The van der Waals surface area contributed by atoms with Crippen molar-refractivity contribution in [2.75, 3.05) is 13.2 Å². The zero-order valence-electron chi connectivity index (χ0n) is 9.66. The molecule has 0 radical (unpaired) electrons. The molecule has 0 spiro atoms. The van der Waals surface area contributed by atoms with Crippen LogP contribution in [-0.2, 0) is 4.79 Å². The number of carbonyl (C=O) groups is 1. The Bertz CT molecular complexity index is 312. The molecule has 1 amide bonds.